The predicted molar refractivity (Wildman–Crippen MR) is 72.3 cm³/mol. The summed E-state index contributed by atoms with van der Waals surface area (Å²) in [5.74, 6) is -0.921. The highest BCUT2D eigenvalue weighted by Crippen LogP contribution is 2.38. The largest absolute Gasteiger partial charge is 0.573 e. The summed E-state index contributed by atoms with van der Waals surface area (Å²) in [7, 11) is -4.63. The van der Waals surface area contributed by atoms with Crippen molar-refractivity contribution >= 4 is 9.84 Å². The van der Waals surface area contributed by atoms with Crippen LogP contribution >= 0.6 is 0 Å². The average Bonchev–Trinajstić information content (AvgIpc) is 2.78. The van der Waals surface area contributed by atoms with E-state index in [0.29, 0.717) is 0 Å². The highest BCUT2D eigenvalue weighted by molar-refractivity contribution is 7.95. The number of para-hydroxylation sites is 1. The highest BCUT2D eigenvalue weighted by Gasteiger charge is 2.40. The number of benzene rings is 1. The normalized spacial score (nSPS) is 19.0. The molecule has 10 heteroatoms. The van der Waals surface area contributed by atoms with Crippen molar-refractivity contribution in [3.05, 3.63) is 40.9 Å². The molecule has 0 radical (unpaired) electrons. The molecule has 1 atom stereocenters. The Morgan fingerprint density at radius 1 is 1.26 bits per heavy atom. The monoisotopic (exact) mass is 355 g/mol. The lowest BCUT2D eigenvalue weighted by atomic mass is 10.1. The molecular weight excluding hydrogens is 342 g/mol. The smallest absolute Gasteiger partial charge is 0.405 e. The van der Waals surface area contributed by atoms with E-state index in [1.807, 2.05) is 0 Å². The number of hydrogen-bond donors (Lipinski definition) is 1. The van der Waals surface area contributed by atoms with Gasteiger partial charge in [-0.05, 0) is 26.0 Å². The van der Waals surface area contributed by atoms with Gasteiger partial charge in [0.25, 0.3) is 0 Å². The highest BCUT2D eigenvalue weighted by atomic mass is 32.2. The van der Waals surface area contributed by atoms with Gasteiger partial charge in [0.2, 0.25) is 15.3 Å². The summed E-state index contributed by atoms with van der Waals surface area (Å²) in [5, 5.41) is -0.559. The zero-order chi connectivity index (χ0) is 17.5. The quantitative estimate of drug-likeness (QED) is 0.841. The molecular formula is C13H13F4NO4S. The summed E-state index contributed by atoms with van der Waals surface area (Å²) >= 11 is 0. The third-order valence-electron chi connectivity index (χ3n) is 2.86. The molecule has 0 aliphatic carbocycles. The van der Waals surface area contributed by atoms with Gasteiger partial charge in [0.15, 0.2) is 5.03 Å². The van der Waals surface area contributed by atoms with Crippen LogP contribution in [0, 0.1) is 0 Å². The summed E-state index contributed by atoms with van der Waals surface area (Å²) in [6.45, 7) is 3.05. The molecule has 0 bridgehead atoms. The number of sulfone groups is 1. The molecule has 1 heterocycles. The van der Waals surface area contributed by atoms with E-state index < -0.39 is 43.6 Å². The van der Waals surface area contributed by atoms with Crippen molar-refractivity contribution in [2.45, 2.75) is 31.3 Å². The lowest BCUT2D eigenvalue weighted by molar-refractivity contribution is -0.275. The first-order valence-electron chi connectivity index (χ1n) is 6.32. The van der Waals surface area contributed by atoms with Crippen molar-refractivity contribution in [2.75, 3.05) is 0 Å². The van der Waals surface area contributed by atoms with Crippen molar-refractivity contribution in [2.24, 2.45) is 0 Å². The number of alkyl halides is 4. The Morgan fingerprint density at radius 2 is 1.87 bits per heavy atom. The van der Waals surface area contributed by atoms with E-state index in [9.17, 15) is 26.0 Å². The van der Waals surface area contributed by atoms with Crippen molar-refractivity contribution in [3.63, 3.8) is 0 Å². The molecule has 1 aliphatic heterocycles. The summed E-state index contributed by atoms with van der Waals surface area (Å²) in [6.07, 6.45) is -3.95. The van der Waals surface area contributed by atoms with Crippen molar-refractivity contribution in [1.82, 2.24) is 5.48 Å². The second kappa shape index (κ2) is 5.68. The first-order chi connectivity index (χ1) is 10.4. The van der Waals surface area contributed by atoms with E-state index in [4.69, 9.17) is 4.84 Å². The third kappa shape index (κ3) is 3.94. The minimum atomic E-state index is -5.07. The van der Waals surface area contributed by atoms with Gasteiger partial charge in [-0.2, -0.15) is 0 Å². The molecule has 1 N–H and O–H groups in total. The van der Waals surface area contributed by atoms with Crippen LogP contribution in [-0.2, 0) is 14.7 Å². The third-order valence-corrected chi connectivity index (χ3v) is 4.47. The fraction of sp³-hybridized carbons (Fsp3) is 0.385. The average molecular weight is 355 g/mol. The van der Waals surface area contributed by atoms with Crippen molar-refractivity contribution in [1.29, 1.82) is 0 Å². The van der Waals surface area contributed by atoms with Gasteiger partial charge in [-0.15, -0.1) is 13.2 Å². The Balaban J connectivity index is 2.39. The minimum Gasteiger partial charge on any atom is -0.405 e. The van der Waals surface area contributed by atoms with E-state index in [0.717, 1.165) is 18.2 Å². The predicted octanol–water partition coefficient (Wildman–Crippen LogP) is 3.12. The topological polar surface area (TPSA) is 64.6 Å². The lowest BCUT2D eigenvalue weighted by Gasteiger charge is -2.16. The van der Waals surface area contributed by atoms with Crippen LogP contribution in [0.5, 0.6) is 5.75 Å². The van der Waals surface area contributed by atoms with Crippen LogP contribution in [-0.4, -0.2) is 20.4 Å². The Kier molecular flexibility index (Phi) is 4.33. The lowest BCUT2D eigenvalue weighted by Crippen LogP contribution is -2.24. The molecule has 2 rings (SSSR count). The van der Waals surface area contributed by atoms with Gasteiger partial charge in [0.1, 0.15) is 11.4 Å². The van der Waals surface area contributed by atoms with E-state index in [2.05, 4.69) is 10.2 Å². The number of nitrogens with one attached hydrogen (secondary N) is 1. The van der Waals surface area contributed by atoms with Crippen LogP contribution in [0.3, 0.4) is 0 Å². The van der Waals surface area contributed by atoms with Crippen LogP contribution in [0.2, 0.25) is 0 Å². The Hall–Kier alpha value is -1.81. The molecule has 5 nitrogen and oxygen atoms in total. The molecule has 1 aromatic rings. The first-order valence-corrected chi connectivity index (χ1v) is 7.86. The molecule has 0 fully saturated rings. The van der Waals surface area contributed by atoms with Crippen LogP contribution < -0.4 is 10.2 Å². The Morgan fingerprint density at radius 3 is 2.39 bits per heavy atom. The maximum Gasteiger partial charge on any atom is 0.573 e. The van der Waals surface area contributed by atoms with Gasteiger partial charge >= 0.3 is 6.36 Å². The number of hydrogen-bond acceptors (Lipinski definition) is 5. The maximum atomic E-state index is 14.5. The summed E-state index contributed by atoms with van der Waals surface area (Å²) in [5.41, 5.74) is -2.43. The van der Waals surface area contributed by atoms with Gasteiger partial charge < -0.3 is 4.74 Å². The second-order valence-corrected chi connectivity index (χ2v) is 7.21. The van der Waals surface area contributed by atoms with Crippen LogP contribution in [0.4, 0.5) is 17.6 Å². The van der Waals surface area contributed by atoms with Gasteiger partial charge in [0.05, 0.1) is 0 Å². The number of ether oxygens (including phenoxy) is 1. The molecule has 128 valence electrons. The molecule has 0 spiro atoms. The maximum absolute atomic E-state index is 14.5. The van der Waals surface area contributed by atoms with E-state index in [-0.39, 0.29) is 0 Å². The SMILES string of the molecule is CC1(C)C=C(S(=O)(=O)C(F)c2ccccc2OC(F)(F)F)NO1. The van der Waals surface area contributed by atoms with Gasteiger partial charge in [-0.1, -0.05) is 18.2 Å². The van der Waals surface area contributed by atoms with Gasteiger partial charge in [-0.25, -0.2) is 12.8 Å². The molecule has 1 unspecified atom stereocenters. The standard InChI is InChI=1S/C13H13F4NO4S/c1-12(2)7-10(18-22-12)23(19,20)11(14)8-5-3-4-6-9(8)21-13(15,16)17/h3-7,11,18H,1-2H3. The molecule has 1 aliphatic rings. The van der Waals surface area contributed by atoms with Crippen LogP contribution in [0.1, 0.15) is 24.9 Å². The second-order valence-electron chi connectivity index (χ2n) is 5.26. The molecule has 1 aromatic carbocycles. The van der Waals surface area contributed by atoms with Crippen LogP contribution in [0.15, 0.2) is 35.4 Å². The molecule has 23 heavy (non-hydrogen) atoms. The Labute approximate surface area is 129 Å². The Bertz CT molecular complexity index is 728. The summed E-state index contributed by atoms with van der Waals surface area (Å²) in [4.78, 5) is 4.94. The summed E-state index contributed by atoms with van der Waals surface area (Å²) < 4.78 is 79.6. The number of hydroxylamine groups is 1. The zero-order valence-electron chi connectivity index (χ0n) is 12.0. The van der Waals surface area contributed by atoms with E-state index in [1.165, 1.54) is 26.0 Å². The fourth-order valence-electron chi connectivity index (χ4n) is 1.86. The number of rotatable bonds is 4. The minimum absolute atomic E-state index is 0.559. The van der Waals surface area contributed by atoms with E-state index in [1.54, 1.807) is 0 Å². The van der Waals surface area contributed by atoms with E-state index >= 15 is 0 Å². The molecule has 0 aromatic heterocycles. The summed E-state index contributed by atoms with van der Waals surface area (Å²) in [6, 6.07) is 4.12. The van der Waals surface area contributed by atoms with Crippen molar-refractivity contribution < 1.29 is 35.6 Å². The molecule has 0 saturated carbocycles. The molecule has 0 amide bonds. The fourth-order valence-corrected chi connectivity index (χ4v) is 3.22. The number of halogens is 4. The van der Waals surface area contributed by atoms with Crippen molar-refractivity contribution in [3.8, 4) is 5.75 Å². The molecule has 0 saturated heterocycles. The van der Waals surface area contributed by atoms with Crippen LogP contribution in [0.25, 0.3) is 0 Å². The zero-order valence-corrected chi connectivity index (χ0v) is 12.8. The van der Waals surface area contributed by atoms with Gasteiger partial charge in [-0.3, -0.25) is 10.3 Å². The van der Waals surface area contributed by atoms with Gasteiger partial charge in [0, 0.05) is 5.56 Å². The first kappa shape index (κ1) is 17.5.